The van der Waals surface area contributed by atoms with E-state index in [4.69, 9.17) is 16.2 Å². The fourth-order valence-corrected chi connectivity index (χ4v) is 1.77. The minimum absolute atomic E-state index is 0.194. The zero-order valence-electron chi connectivity index (χ0n) is 10.6. The van der Waals surface area contributed by atoms with E-state index in [1.165, 1.54) is 0 Å². The number of hydrogen-bond acceptors (Lipinski definition) is 4. The molecule has 2 rings (SSSR count). The number of amides is 1. The summed E-state index contributed by atoms with van der Waals surface area (Å²) in [6.45, 7) is 0.365. The first-order valence-corrected chi connectivity index (χ1v) is 6.15. The average molecular weight is 259 g/mol. The SMILES string of the molecule is NC(=O)CCC(N)COc1ccc2cnccc2c1. The molecule has 0 aliphatic carbocycles. The number of ether oxygens (including phenoxy) is 1. The predicted octanol–water partition coefficient (Wildman–Crippen LogP) is 1.21. The molecule has 2 aromatic rings. The van der Waals surface area contributed by atoms with Gasteiger partial charge in [-0.3, -0.25) is 9.78 Å². The molecule has 1 aromatic carbocycles. The van der Waals surface area contributed by atoms with E-state index in [0.29, 0.717) is 13.0 Å². The molecule has 0 aliphatic heterocycles. The minimum atomic E-state index is -0.339. The van der Waals surface area contributed by atoms with Gasteiger partial charge in [0, 0.05) is 30.2 Å². The molecular weight excluding hydrogens is 242 g/mol. The Balaban J connectivity index is 1.92. The van der Waals surface area contributed by atoms with Gasteiger partial charge >= 0.3 is 0 Å². The molecule has 0 saturated carbocycles. The summed E-state index contributed by atoms with van der Waals surface area (Å²) in [5, 5.41) is 2.13. The number of hydrogen-bond donors (Lipinski definition) is 2. The first kappa shape index (κ1) is 13.3. The van der Waals surface area contributed by atoms with Crippen LogP contribution in [-0.2, 0) is 4.79 Å². The summed E-state index contributed by atoms with van der Waals surface area (Å²) in [4.78, 5) is 14.7. The van der Waals surface area contributed by atoms with Gasteiger partial charge in [-0.1, -0.05) is 0 Å². The van der Waals surface area contributed by atoms with Gasteiger partial charge in [-0.25, -0.2) is 0 Å². The van der Waals surface area contributed by atoms with Gasteiger partial charge in [-0.05, 0) is 36.1 Å². The van der Waals surface area contributed by atoms with E-state index in [-0.39, 0.29) is 18.4 Å². The molecule has 1 heterocycles. The van der Waals surface area contributed by atoms with Gasteiger partial charge in [-0.2, -0.15) is 0 Å². The monoisotopic (exact) mass is 259 g/mol. The maximum absolute atomic E-state index is 10.6. The number of rotatable bonds is 6. The summed E-state index contributed by atoms with van der Waals surface area (Å²) >= 11 is 0. The van der Waals surface area contributed by atoms with Gasteiger partial charge in [-0.15, -0.1) is 0 Å². The van der Waals surface area contributed by atoms with Gasteiger partial charge in [0.05, 0.1) is 0 Å². The van der Waals surface area contributed by atoms with Crippen molar-refractivity contribution in [2.45, 2.75) is 18.9 Å². The molecule has 0 radical (unpaired) electrons. The topological polar surface area (TPSA) is 91.2 Å². The number of carbonyl (C=O) groups excluding carboxylic acids is 1. The number of nitrogens with zero attached hydrogens (tertiary/aromatic N) is 1. The van der Waals surface area contributed by atoms with Crippen molar-refractivity contribution in [1.82, 2.24) is 4.98 Å². The molecule has 0 saturated heterocycles. The fourth-order valence-electron chi connectivity index (χ4n) is 1.77. The Morgan fingerprint density at radius 3 is 2.95 bits per heavy atom. The smallest absolute Gasteiger partial charge is 0.217 e. The molecule has 5 nitrogen and oxygen atoms in total. The summed E-state index contributed by atoms with van der Waals surface area (Å²) in [5.74, 6) is 0.418. The van der Waals surface area contributed by atoms with Crippen LogP contribution in [0.25, 0.3) is 10.8 Å². The third kappa shape index (κ3) is 3.93. The highest BCUT2D eigenvalue weighted by Crippen LogP contribution is 2.19. The maximum atomic E-state index is 10.6. The first-order chi connectivity index (χ1) is 9.15. The first-order valence-electron chi connectivity index (χ1n) is 6.15. The third-order valence-corrected chi connectivity index (χ3v) is 2.84. The Bertz CT molecular complexity index is 571. The zero-order valence-corrected chi connectivity index (χ0v) is 10.6. The Labute approximate surface area is 111 Å². The molecule has 1 unspecified atom stereocenters. The van der Waals surface area contributed by atoms with Crippen molar-refractivity contribution in [3.63, 3.8) is 0 Å². The molecule has 0 bridgehead atoms. The van der Waals surface area contributed by atoms with E-state index in [1.54, 1.807) is 12.4 Å². The molecule has 100 valence electrons. The summed E-state index contributed by atoms with van der Waals surface area (Å²) in [5.41, 5.74) is 10.9. The summed E-state index contributed by atoms with van der Waals surface area (Å²) < 4.78 is 5.61. The van der Waals surface area contributed by atoms with Gasteiger partial charge < -0.3 is 16.2 Å². The highest BCUT2D eigenvalue weighted by molar-refractivity contribution is 5.82. The number of aromatic nitrogens is 1. The van der Waals surface area contributed by atoms with E-state index in [2.05, 4.69) is 4.98 Å². The number of benzene rings is 1. The maximum Gasteiger partial charge on any atom is 0.217 e. The number of primary amides is 1. The molecule has 5 heteroatoms. The van der Waals surface area contributed by atoms with Crippen molar-refractivity contribution in [1.29, 1.82) is 0 Å². The van der Waals surface area contributed by atoms with E-state index >= 15 is 0 Å². The number of nitrogens with two attached hydrogens (primary N) is 2. The van der Waals surface area contributed by atoms with Gasteiger partial charge in [0.15, 0.2) is 0 Å². The normalized spacial score (nSPS) is 12.3. The summed E-state index contributed by atoms with van der Waals surface area (Å²) in [7, 11) is 0. The van der Waals surface area contributed by atoms with Crippen molar-refractivity contribution in [3.05, 3.63) is 36.7 Å². The van der Waals surface area contributed by atoms with E-state index in [1.807, 2.05) is 24.3 Å². The molecule has 1 aromatic heterocycles. The molecule has 19 heavy (non-hydrogen) atoms. The lowest BCUT2D eigenvalue weighted by atomic mass is 10.1. The lowest BCUT2D eigenvalue weighted by molar-refractivity contribution is -0.118. The van der Waals surface area contributed by atoms with Crippen LogP contribution in [0.4, 0.5) is 0 Å². The second-order valence-corrected chi connectivity index (χ2v) is 4.46. The Morgan fingerprint density at radius 2 is 2.16 bits per heavy atom. The summed E-state index contributed by atoms with van der Waals surface area (Å²) in [6.07, 6.45) is 4.36. The molecular formula is C14H17N3O2. The molecule has 4 N–H and O–H groups in total. The van der Waals surface area contributed by atoms with Crippen LogP contribution in [0.2, 0.25) is 0 Å². The van der Waals surface area contributed by atoms with E-state index in [9.17, 15) is 4.79 Å². The molecule has 1 amide bonds. The predicted molar refractivity (Wildman–Crippen MR) is 73.6 cm³/mol. The van der Waals surface area contributed by atoms with Crippen molar-refractivity contribution in [3.8, 4) is 5.75 Å². The highest BCUT2D eigenvalue weighted by atomic mass is 16.5. The Hall–Kier alpha value is -2.14. The second kappa shape index (κ2) is 6.15. The van der Waals surface area contributed by atoms with Crippen LogP contribution < -0.4 is 16.2 Å². The second-order valence-electron chi connectivity index (χ2n) is 4.46. The Morgan fingerprint density at radius 1 is 1.32 bits per heavy atom. The van der Waals surface area contributed by atoms with Crippen molar-refractivity contribution in [2.75, 3.05) is 6.61 Å². The minimum Gasteiger partial charge on any atom is -0.492 e. The van der Waals surface area contributed by atoms with Gasteiger partial charge in [0.1, 0.15) is 12.4 Å². The fraction of sp³-hybridized carbons (Fsp3) is 0.286. The lowest BCUT2D eigenvalue weighted by Crippen LogP contribution is -2.29. The van der Waals surface area contributed by atoms with Gasteiger partial charge in [0.25, 0.3) is 0 Å². The zero-order chi connectivity index (χ0) is 13.7. The summed E-state index contributed by atoms with van der Waals surface area (Å²) in [6, 6.07) is 7.51. The quantitative estimate of drug-likeness (QED) is 0.815. The highest BCUT2D eigenvalue weighted by Gasteiger charge is 2.06. The van der Waals surface area contributed by atoms with Crippen molar-refractivity contribution in [2.24, 2.45) is 11.5 Å². The van der Waals surface area contributed by atoms with E-state index in [0.717, 1.165) is 16.5 Å². The average Bonchev–Trinajstić information content (AvgIpc) is 2.42. The Kier molecular flexibility index (Phi) is 4.30. The van der Waals surface area contributed by atoms with Crippen LogP contribution in [0.1, 0.15) is 12.8 Å². The van der Waals surface area contributed by atoms with Crippen LogP contribution in [0.3, 0.4) is 0 Å². The van der Waals surface area contributed by atoms with Crippen LogP contribution in [-0.4, -0.2) is 23.5 Å². The largest absolute Gasteiger partial charge is 0.492 e. The van der Waals surface area contributed by atoms with Crippen LogP contribution in [0.15, 0.2) is 36.7 Å². The number of fused-ring (bicyclic) bond motifs is 1. The standard InChI is InChI=1S/C14H17N3O2/c15-12(2-4-14(16)18)9-19-13-3-1-11-8-17-6-5-10(11)7-13/h1,3,5-8,12H,2,4,9,15H2,(H2,16,18). The molecule has 1 atom stereocenters. The number of pyridine rings is 1. The van der Waals surface area contributed by atoms with Crippen molar-refractivity contribution >= 4 is 16.7 Å². The van der Waals surface area contributed by atoms with Crippen LogP contribution >= 0.6 is 0 Å². The molecule has 0 spiro atoms. The third-order valence-electron chi connectivity index (χ3n) is 2.84. The lowest BCUT2D eigenvalue weighted by Gasteiger charge is -2.12. The van der Waals surface area contributed by atoms with Gasteiger partial charge in [0.2, 0.25) is 5.91 Å². The molecule has 0 aliphatic rings. The van der Waals surface area contributed by atoms with Crippen molar-refractivity contribution < 1.29 is 9.53 Å². The van der Waals surface area contributed by atoms with Crippen LogP contribution in [0.5, 0.6) is 5.75 Å². The van der Waals surface area contributed by atoms with Crippen LogP contribution in [0, 0.1) is 0 Å². The molecule has 0 fully saturated rings. The number of carbonyl (C=O) groups is 1. The van der Waals surface area contributed by atoms with E-state index < -0.39 is 0 Å².